The van der Waals surface area contributed by atoms with Gasteiger partial charge in [0, 0.05) is 30.5 Å². The Balaban J connectivity index is 1.19. The summed E-state index contributed by atoms with van der Waals surface area (Å²) in [6.45, 7) is 5.99. The van der Waals surface area contributed by atoms with Crippen molar-refractivity contribution in [2.24, 2.45) is 5.92 Å². The van der Waals surface area contributed by atoms with Crippen LogP contribution in [0, 0.1) is 12.8 Å². The molecular formula is C21H32N6O3. The Bertz CT molecular complexity index is 765. The van der Waals surface area contributed by atoms with E-state index in [1.807, 2.05) is 11.8 Å². The van der Waals surface area contributed by atoms with E-state index in [4.69, 9.17) is 4.74 Å². The molecule has 3 N–H and O–H groups in total. The van der Waals surface area contributed by atoms with Gasteiger partial charge in [0.25, 0.3) is 0 Å². The number of amides is 2. The predicted molar refractivity (Wildman–Crippen MR) is 110 cm³/mol. The average Bonchev–Trinajstić information content (AvgIpc) is 3.32. The number of likely N-dealkylation sites (tertiary alicyclic amines) is 1. The minimum absolute atomic E-state index is 0.0157. The second-order valence-electron chi connectivity index (χ2n) is 9.00. The molecule has 2 aliphatic heterocycles. The maximum atomic E-state index is 12.4. The zero-order chi connectivity index (χ0) is 21.3. The van der Waals surface area contributed by atoms with E-state index in [0.717, 1.165) is 37.8 Å². The van der Waals surface area contributed by atoms with Crippen molar-refractivity contribution in [3.05, 3.63) is 23.8 Å². The molecule has 1 saturated carbocycles. The monoisotopic (exact) mass is 416 g/mol. The lowest BCUT2D eigenvalue weighted by atomic mass is 9.96. The predicted octanol–water partition coefficient (Wildman–Crippen LogP) is 1.42. The van der Waals surface area contributed by atoms with E-state index in [0.29, 0.717) is 11.6 Å². The van der Waals surface area contributed by atoms with Gasteiger partial charge in [-0.25, -0.2) is 10.2 Å². The van der Waals surface area contributed by atoms with E-state index >= 15 is 0 Å². The third-order valence-electron chi connectivity index (χ3n) is 6.55. The molecule has 9 nitrogen and oxygen atoms in total. The lowest BCUT2D eigenvalue weighted by Gasteiger charge is -2.44. The topological polar surface area (TPSA) is 108 Å². The van der Waals surface area contributed by atoms with Crippen LogP contribution in [0.25, 0.3) is 0 Å². The standard InChI is InChI=1S/C21H32N6O3/c1-12-10-23-16(11-22-12)8-20(28)24-19-9-18(25-26-19)15-4-5-17(7-15)30-21(29)27-13(2)6-14(27)3/h10-11,13-15,17-19,25-26H,4-9H2,1-3H3,(H,24,28)/t13-,14-,15-,17+,18?,19?/m0/s1. The second kappa shape index (κ2) is 8.85. The Morgan fingerprint density at radius 2 is 1.93 bits per heavy atom. The number of hydrogen-bond acceptors (Lipinski definition) is 7. The van der Waals surface area contributed by atoms with Crippen LogP contribution in [0.15, 0.2) is 12.4 Å². The summed E-state index contributed by atoms with van der Waals surface area (Å²) in [6.07, 6.45) is 7.83. The summed E-state index contributed by atoms with van der Waals surface area (Å²) in [5, 5.41) is 3.01. The van der Waals surface area contributed by atoms with Gasteiger partial charge in [-0.2, -0.15) is 0 Å². The number of hydrogen-bond donors (Lipinski definition) is 3. The summed E-state index contributed by atoms with van der Waals surface area (Å²) in [7, 11) is 0. The van der Waals surface area contributed by atoms with E-state index in [-0.39, 0.29) is 48.8 Å². The van der Waals surface area contributed by atoms with Crippen LogP contribution in [0.1, 0.15) is 57.3 Å². The van der Waals surface area contributed by atoms with E-state index in [1.54, 1.807) is 12.4 Å². The highest BCUT2D eigenvalue weighted by molar-refractivity contribution is 5.78. The molecule has 2 saturated heterocycles. The van der Waals surface area contributed by atoms with Gasteiger partial charge >= 0.3 is 6.09 Å². The number of hydrazine groups is 1. The quantitative estimate of drug-likeness (QED) is 0.666. The zero-order valence-corrected chi connectivity index (χ0v) is 17.9. The van der Waals surface area contributed by atoms with Crippen molar-refractivity contribution >= 4 is 12.0 Å². The molecule has 6 atom stereocenters. The lowest BCUT2D eigenvalue weighted by molar-refractivity contribution is -0.121. The molecule has 30 heavy (non-hydrogen) atoms. The van der Waals surface area contributed by atoms with Crippen molar-refractivity contribution in [3.63, 3.8) is 0 Å². The molecule has 2 amide bonds. The molecule has 1 aliphatic carbocycles. The molecule has 2 unspecified atom stereocenters. The Kier molecular flexibility index (Phi) is 6.19. The van der Waals surface area contributed by atoms with Crippen LogP contribution >= 0.6 is 0 Å². The number of carbonyl (C=O) groups is 2. The number of aryl methyl sites for hydroxylation is 1. The number of rotatable bonds is 5. The number of aromatic nitrogens is 2. The van der Waals surface area contributed by atoms with Crippen LogP contribution in [0.5, 0.6) is 0 Å². The van der Waals surface area contributed by atoms with Gasteiger partial charge in [-0.05, 0) is 58.8 Å². The van der Waals surface area contributed by atoms with Crippen molar-refractivity contribution in [1.29, 1.82) is 0 Å². The molecule has 3 aliphatic rings. The molecule has 3 heterocycles. The molecule has 4 rings (SSSR count). The van der Waals surface area contributed by atoms with Gasteiger partial charge in [0.05, 0.1) is 24.0 Å². The Hall–Kier alpha value is -2.26. The van der Waals surface area contributed by atoms with Gasteiger partial charge in [0.15, 0.2) is 0 Å². The van der Waals surface area contributed by atoms with Crippen molar-refractivity contribution in [1.82, 2.24) is 31.0 Å². The zero-order valence-electron chi connectivity index (χ0n) is 17.9. The number of carbonyl (C=O) groups excluding carboxylic acids is 2. The number of nitrogens with zero attached hydrogens (tertiary/aromatic N) is 3. The summed E-state index contributed by atoms with van der Waals surface area (Å²) in [4.78, 5) is 34.9. The Morgan fingerprint density at radius 3 is 2.63 bits per heavy atom. The van der Waals surface area contributed by atoms with Crippen LogP contribution in [0.2, 0.25) is 0 Å². The lowest BCUT2D eigenvalue weighted by Crippen LogP contribution is -2.56. The van der Waals surface area contributed by atoms with Gasteiger partial charge in [-0.15, -0.1) is 0 Å². The summed E-state index contributed by atoms with van der Waals surface area (Å²) < 4.78 is 5.77. The van der Waals surface area contributed by atoms with Crippen LogP contribution < -0.4 is 16.2 Å². The maximum absolute atomic E-state index is 12.4. The molecular weight excluding hydrogens is 384 g/mol. The van der Waals surface area contributed by atoms with Gasteiger partial charge in [-0.1, -0.05) is 0 Å². The first-order valence-corrected chi connectivity index (χ1v) is 11.0. The SMILES string of the molecule is Cc1cnc(CC(=O)NC2CC([C@H]3CC[C@@H](OC(=O)N4[C@@H](C)C[C@@H]4C)C3)NN2)cn1. The van der Waals surface area contributed by atoms with E-state index in [1.165, 1.54) is 0 Å². The fraction of sp³-hybridized carbons (Fsp3) is 0.714. The molecule has 1 aromatic heterocycles. The minimum Gasteiger partial charge on any atom is -0.446 e. The molecule has 0 bridgehead atoms. The highest BCUT2D eigenvalue weighted by Gasteiger charge is 2.41. The van der Waals surface area contributed by atoms with Crippen molar-refractivity contribution in [2.75, 3.05) is 0 Å². The molecule has 0 spiro atoms. The minimum atomic E-state index is -0.172. The Labute approximate surface area is 177 Å². The third-order valence-corrected chi connectivity index (χ3v) is 6.55. The number of ether oxygens (including phenoxy) is 1. The van der Waals surface area contributed by atoms with Crippen LogP contribution in [-0.4, -0.2) is 57.3 Å². The normalized spacial score (nSPS) is 33.2. The fourth-order valence-corrected chi connectivity index (χ4v) is 4.93. The van der Waals surface area contributed by atoms with Gasteiger partial charge < -0.3 is 15.0 Å². The van der Waals surface area contributed by atoms with Crippen molar-refractivity contribution < 1.29 is 14.3 Å². The molecule has 0 aromatic carbocycles. The number of nitrogens with one attached hydrogen (secondary N) is 3. The van der Waals surface area contributed by atoms with Gasteiger partial charge in [0.1, 0.15) is 6.10 Å². The highest BCUT2D eigenvalue weighted by Crippen LogP contribution is 2.34. The summed E-state index contributed by atoms with van der Waals surface area (Å²) in [6, 6.07) is 0.807. The molecule has 3 fully saturated rings. The largest absolute Gasteiger partial charge is 0.446 e. The maximum Gasteiger partial charge on any atom is 0.410 e. The summed E-state index contributed by atoms with van der Waals surface area (Å²) in [5.74, 6) is 0.343. The van der Waals surface area contributed by atoms with E-state index < -0.39 is 0 Å². The summed E-state index contributed by atoms with van der Waals surface area (Å²) >= 11 is 0. The van der Waals surface area contributed by atoms with Crippen LogP contribution in [-0.2, 0) is 16.0 Å². The smallest absolute Gasteiger partial charge is 0.410 e. The second-order valence-corrected chi connectivity index (χ2v) is 9.00. The molecule has 1 aromatic rings. The third kappa shape index (κ3) is 4.73. The highest BCUT2D eigenvalue weighted by atomic mass is 16.6. The van der Waals surface area contributed by atoms with Crippen LogP contribution in [0.4, 0.5) is 4.79 Å². The summed E-state index contributed by atoms with van der Waals surface area (Å²) in [5.41, 5.74) is 7.98. The van der Waals surface area contributed by atoms with Crippen molar-refractivity contribution in [3.8, 4) is 0 Å². The van der Waals surface area contributed by atoms with Gasteiger partial charge in [-0.3, -0.25) is 20.2 Å². The Morgan fingerprint density at radius 1 is 1.13 bits per heavy atom. The van der Waals surface area contributed by atoms with Gasteiger partial charge in [0.2, 0.25) is 5.91 Å². The first-order valence-electron chi connectivity index (χ1n) is 11.0. The first-order chi connectivity index (χ1) is 14.4. The first kappa shape index (κ1) is 21.0. The molecule has 9 heteroatoms. The average molecular weight is 417 g/mol. The van der Waals surface area contributed by atoms with Crippen molar-refractivity contribution in [2.45, 2.75) is 89.7 Å². The van der Waals surface area contributed by atoms with Crippen LogP contribution in [0.3, 0.4) is 0 Å². The molecule has 0 radical (unpaired) electrons. The molecule has 164 valence electrons. The van der Waals surface area contributed by atoms with E-state index in [9.17, 15) is 9.59 Å². The van der Waals surface area contributed by atoms with E-state index in [2.05, 4.69) is 40.0 Å². The fourth-order valence-electron chi connectivity index (χ4n) is 4.93.